The van der Waals surface area contributed by atoms with Gasteiger partial charge in [-0.15, -0.1) is 0 Å². The van der Waals surface area contributed by atoms with Gasteiger partial charge in [-0.3, -0.25) is 4.90 Å². The molecule has 0 radical (unpaired) electrons. The number of hydrogen-bond acceptors (Lipinski definition) is 3. The maximum absolute atomic E-state index is 9.66. The van der Waals surface area contributed by atoms with Gasteiger partial charge in [-0.05, 0) is 45.1 Å². The van der Waals surface area contributed by atoms with Crippen LogP contribution < -0.4 is 0 Å². The van der Waals surface area contributed by atoms with Crippen LogP contribution >= 0.6 is 0 Å². The number of hydrogen-bond donors (Lipinski definition) is 1. The van der Waals surface area contributed by atoms with E-state index in [-0.39, 0.29) is 6.10 Å². The van der Waals surface area contributed by atoms with Gasteiger partial charge < -0.3 is 9.84 Å². The van der Waals surface area contributed by atoms with Crippen LogP contribution in [0.25, 0.3) is 0 Å². The number of nitrogens with zero attached hydrogens (tertiary/aromatic N) is 1. The van der Waals surface area contributed by atoms with E-state index in [0.29, 0.717) is 12.1 Å². The van der Waals surface area contributed by atoms with Crippen molar-refractivity contribution in [3.63, 3.8) is 0 Å². The first-order chi connectivity index (χ1) is 7.29. The van der Waals surface area contributed by atoms with E-state index in [2.05, 4.69) is 4.90 Å². The summed E-state index contributed by atoms with van der Waals surface area (Å²) in [5, 5.41) is 9.66. The Morgan fingerprint density at radius 2 is 2.07 bits per heavy atom. The first-order valence-corrected chi connectivity index (χ1v) is 6.24. The summed E-state index contributed by atoms with van der Waals surface area (Å²) in [6.07, 6.45) is 7.41. The fourth-order valence-electron chi connectivity index (χ4n) is 2.98. The van der Waals surface area contributed by atoms with E-state index < -0.39 is 0 Å². The second-order valence-corrected chi connectivity index (χ2v) is 4.97. The van der Waals surface area contributed by atoms with Crippen LogP contribution in [0.15, 0.2) is 0 Å². The number of likely N-dealkylation sites (tertiary alicyclic amines) is 1. The molecular weight excluding hydrogens is 190 g/mol. The van der Waals surface area contributed by atoms with E-state index in [1.54, 1.807) is 0 Å². The van der Waals surface area contributed by atoms with Crippen molar-refractivity contribution in [3.05, 3.63) is 0 Å². The monoisotopic (exact) mass is 213 g/mol. The number of methoxy groups -OCH3 is 1. The molecule has 2 fully saturated rings. The fourth-order valence-corrected chi connectivity index (χ4v) is 2.98. The molecule has 1 heterocycles. The zero-order valence-corrected chi connectivity index (χ0v) is 9.69. The number of ether oxygens (including phenoxy) is 1. The van der Waals surface area contributed by atoms with E-state index in [0.717, 1.165) is 32.4 Å². The first kappa shape index (κ1) is 11.4. The minimum atomic E-state index is -0.0957. The lowest BCUT2D eigenvalue weighted by molar-refractivity contribution is -0.00393. The Kier molecular flexibility index (Phi) is 4.00. The van der Waals surface area contributed by atoms with Crippen LogP contribution in [-0.2, 0) is 4.74 Å². The zero-order chi connectivity index (χ0) is 10.7. The molecular formula is C12H23NO2. The van der Waals surface area contributed by atoms with Gasteiger partial charge >= 0.3 is 0 Å². The van der Waals surface area contributed by atoms with Gasteiger partial charge in [0.15, 0.2) is 0 Å². The maximum atomic E-state index is 9.66. The fraction of sp³-hybridized carbons (Fsp3) is 1.00. The molecule has 3 heteroatoms. The highest BCUT2D eigenvalue weighted by Crippen LogP contribution is 2.26. The number of aliphatic hydroxyl groups excluding tert-OH is 1. The van der Waals surface area contributed by atoms with Crippen molar-refractivity contribution in [1.82, 2.24) is 4.90 Å². The predicted molar refractivity (Wildman–Crippen MR) is 59.9 cm³/mol. The Morgan fingerprint density at radius 1 is 1.20 bits per heavy atom. The van der Waals surface area contributed by atoms with E-state index in [1.807, 2.05) is 7.11 Å². The van der Waals surface area contributed by atoms with Crippen molar-refractivity contribution in [2.24, 2.45) is 0 Å². The lowest BCUT2D eigenvalue weighted by Crippen LogP contribution is -2.47. The Morgan fingerprint density at radius 3 is 2.80 bits per heavy atom. The number of β-amino-alcohol motifs (C(OH)–C–C–N with tert-alkyl or cyclic N) is 1. The van der Waals surface area contributed by atoms with Crippen molar-refractivity contribution in [2.45, 2.75) is 56.8 Å². The minimum Gasteiger partial charge on any atom is -0.392 e. The number of aliphatic hydroxyl groups is 1. The van der Waals surface area contributed by atoms with Gasteiger partial charge in [-0.2, -0.15) is 0 Å². The molecule has 0 amide bonds. The SMILES string of the molecule is COC1CCCC(N2CCCC(O)C2)C1. The van der Waals surface area contributed by atoms with Gasteiger partial charge in [0.25, 0.3) is 0 Å². The highest BCUT2D eigenvalue weighted by Gasteiger charge is 2.29. The molecule has 1 aliphatic heterocycles. The summed E-state index contributed by atoms with van der Waals surface area (Å²) >= 11 is 0. The minimum absolute atomic E-state index is 0.0957. The molecule has 3 nitrogen and oxygen atoms in total. The van der Waals surface area contributed by atoms with Gasteiger partial charge in [0, 0.05) is 19.7 Å². The largest absolute Gasteiger partial charge is 0.392 e. The lowest BCUT2D eigenvalue weighted by Gasteiger charge is -2.40. The van der Waals surface area contributed by atoms with E-state index in [9.17, 15) is 5.11 Å². The summed E-state index contributed by atoms with van der Waals surface area (Å²) in [6, 6.07) is 0.652. The topological polar surface area (TPSA) is 32.7 Å². The molecule has 1 N–H and O–H groups in total. The van der Waals surface area contributed by atoms with Gasteiger partial charge in [0.05, 0.1) is 12.2 Å². The third kappa shape index (κ3) is 2.92. The molecule has 3 unspecified atom stereocenters. The van der Waals surface area contributed by atoms with Gasteiger partial charge in [-0.1, -0.05) is 0 Å². The molecule has 1 saturated carbocycles. The standard InChI is InChI=1S/C12H23NO2/c1-15-12-6-2-4-10(8-12)13-7-3-5-11(14)9-13/h10-12,14H,2-9H2,1H3. The van der Waals surface area contributed by atoms with Crippen LogP contribution in [-0.4, -0.2) is 48.5 Å². The molecule has 3 atom stereocenters. The molecule has 0 aromatic rings. The second-order valence-electron chi connectivity index (χ2n) is 4.97. The molecule has 88 valence electrons. The summed E-state index contributed by atoms with van der Waals surface area (Å²) in [5.74, 6) is 0. The summed E-state index contributed by atoms with van der Waals surface area (Å²) in [4.78, 5) is 2.47. The van der Waals surface area contributed by atoms with Gasteiger partial charge in [0.1, 0.15) is 0 Å². The predicted octanol–water partition coefficient (Wildman–Crippen LogP) is 1.40. The summed E-state index contributed by atoms with van der Waals surface area (Å²) in [7, 11) is 1.82. The van der Waals surface area contributed by atoms with Gasteiger partial charge in [0.2, 0.25) is 0 Å². The van der Waals surface area contributed by atoms with Crippen LogP contribution in [0.1, 0.15) is 38.5 Å². The summed E-state index contributed by atoms with van der Waals surface area (Å²) in [6.45, 7) is 2.04. The molecule has 2 rings (SSSR count). The summed E-state index contributed by atoms with van der Waals surface area (Å²) in [5.41, 5.74) is 0. The quantitative estimate of drug-likeness (QED) is 0.752. The maximum Gasteiger partial charge on any atom is 0.0667 e. The van der Waals surface area contributed by atoms with Crippen molar-refractivity contribution in [1.29, 1.82) is 0 Å². The average molecular weight is 213 g/mol. The third-order valence-electron chi connectivity index (χ3n) is 3.88. The third-order valence-corrected chi connectivity index (χ3v) is 3.88. The molecule has 0 bridgehead atoms. The van der Waals surface area contributed by atoms with Crippen LogP contribution in [0.3, 0.4) is 0 Å². The van der Waals surface area contributed by atoms with Crippen LogP contribution in [0, 0.1) is 0 Å². The number of rotatable bonds is 2. The van der Waals surface area contributed by atoms with Crippen molar-refractivity contribution in [2.75, 3.05) is 20.2 Å². The van der Waals surface area contributed by atoms with Crippen LogP contribution in [0.5, 0.6) is 0 Å². The summed E-state index contributed by atoms with van der Waals surface area (Å²) < 4.78 is 5.45. The molecule has 0 aromatic carbocycles. The average Bonchev–Trinajstić information content (AvgIpc) is 2.29. The molecule has 0 spiro atoms. The highest BCUT2D eigenvalue weighted by atomic mass is 16.5. The van der Waals surface area contributed by atoms with E-state index >= 15 is 0 Å². The van der Waals surface area contributed by atoms with Crippen LogP contribution in [0.2, 0.25) is 0 Å². The molecule has 1 saturated heterocycles. The van der Waals surface area contributed by atoms with E-state index in [4.69, 9.17) is 4.74 Å². The Labute approximate surface area is 92.4 Å². The normalized spacial score (nSPS) is 39.2. The van der Waals surface area contributed by atoms with Crippen molar-refractivity contribution in [3.8, 4) is 0 Å². The Balaban J connectivity index is 1.86. The van der Waals surface area contributed by atoms with Crippen molar-refractivity contribution < 1.29 is 9.84 Å². The zero-order valence-electron chi connectivity index (χ0n) is 9.69. The number of piperidine rings is 1. The smallest absolute Gasteiger partial charge is 0.0667 e. The lowest BCUT2D eigenvalue weighted by atomic mass is 9.90. The molecule has 0 aromatic heterocycles. The van der Waals surface area contributed by atoms with E-state index in [1.165, 1.54) is 19.3 Å². The molecule has 1 aliphatic carbocycles. The molecule has 15 heavy (non-hydrogen) atoms. The Bertz CT molecular complexity index is 198. The Hall–Kier alpha value is -0.120. The second kappa shape index (κ2) is 5.28. The first-order valence-electron chi connectivity index (χ1n) is 6.24. The van der Waals surface area contributed by atoms with Crippen LogP contribution in [0.4, 0.5) is 0 Å². The van der Waals surface area contributed by atoms with Crippen molar-refractivity contribution >= 4 is 0 Å². The highest BCUT2D eigenvalue weighted by molar-refractivity contribution is 4.84. The van der Waals surface area contributed by atoms with Gasteiger partial charge in [-0.25, -0.2) is 0 Å². The molecule has 2 aliphatic rings.